The smallest absolute Gasteiger partial charge is 0.261 e. The van der Waals surface area contributed by atoms with Crippen LogP contribution in [0.3, 0.4) is 0 Å². The lowest BCUT2D eigenvalue weighted by molar-refractivity contribution is -0.498. The van der Waals surface area contributed by atoms with E-state index in [-0.39, 0.29) is 5.02 Å². The van der Waals surface area contributed by atoms with Crippen molar-refractivity contribution in [3.63, 3.8) is 0 Å². The monoisotopic (exact) mass is 338 g/mol. The summed E-state index contributed by atoms with van der Waals surface area (Å²) in [6.07, 6.45) is 0.312. The summed E-state index contributed by atoms with van der Waals surface area (Å²) in [5.74, 6) is 0. The summed E-state index contributed by atoms with van der Waals surface area (Å²) in [6, 6.07) is 4.79. The van der Waals surface area contributed by atoms with Crippen molar-refractivity contribution in [2.75, 3.05) is 6.26 Å². The van der Waals surface area contributed by atoms with Crippen LogP contribution in [0.2, 0.25) is 5.02 Å². The molecular formula is C9H7ClN2O6S2. The molecule has 1 unspecified atom stereocenters. The molecule has 0 radical (unpaired) electrons. The summed E-state index contributed by atoms with van der Waals surface area (Å²) in [5, 5.41) is 20.0. The fraction of sp³-hybridized carbons (Fsp3) is 0.222. The molecule has 1 aromatic carbocycles. The summed E-state index contributed by atoms with van der Waals surface area (Å²) in [4.78, 5) is 8.66. The van der Waals surface area contributed by atoms with Gasteiger partial charge in [0.05, 0.1) is 9.82 Å². The van der Waals surface area contributed by atoms with Crippen molar-refractivity contribution in [3.8, 4) is 6.07 Å². The van der Waals surface area contributed by atoms with Crippen LogP contribution in [-0.4, -0.2) is 32.2 Å². The van der Waals surface area contributed by atoms with Gasteiger partial charge in [0.2, 0.25) is 9.84 Å². The molecule has 0 aliphatic carbocycles. The molecule has 8 nitrogen and oxygen atoms in total. The molecule has 11 heteroatoms. The Hall–Kier alpha value is -1.70. The van der Waals surface area contributed by atoms with E-state index in [4.69, 9.17) is 16.9 Å². The molecule has 0 saturated carbocycles. The fourth-order valence-electron chi connectivity index (χ4n) is 1.39. The Morgan fingerprint density at radius 3 is 2.00 bits per heavy atom. The zero-order valence-corrected chi connectivity index (χ0v) is 12.2. The molecule has 0 N–H and O–H groups in total. The molecule has 0 bridgehead atoms. The number of sulfone groups is 2. The van der Waals surface area contributed by atoms with Crippen molar-refractivity contribution >= 4 is 31.3 Å². The number of nitrogens with zero attached hydrogens (tertiary/aromatic N) is 2. The summed E-state index contributed by atoms with van der Waals surface area (Å²) >= 11 is 5.55. The minimum Gasteiger partial charge on any atom is -0.261 e. The third-order valence-corrected chi connectivity index (χ3v) is 7.30. The van der Waals surface area contributed by atoms with Crippen LogP contribution in [0.15, 0.2) is 29.2 Å². The largest absolute Gasteiger partial charge is 0.503 e. The maximum atomic E-state index is 12.2. The summed E-state index contributed by atoms with van der Waals surface area (Å²) in [7, 11) is -9.97. The second kappa shape index (κ2) is 5.01. The second-order valence-electron chi connectivity index (χ2n) is 3.68. The van der Waals surface area contributed by atoms with Gasteiger partial charge in [0.25, 0.3) is 9.84 Å². The first-order chi connectivity index (χ1) is 9.00. The Balaban J connectivity index is 3.79. The molecule has 108 valence electrons. The van der Waals surface area contributed by atoms with Gasteiger partial charge >= 0.3 is 4.20 Å². The van der Waals surface area contributed by atoms with Gasteiger partial charge in [0, 0.05) is 11.3 Å². The Kier molecular flexibility index (Phi) is 4.09. The van der Waals surface area contributed by atoms with Gasteiger partial charge in [-0.05, 0) is 24.3 Å². The molecule has 0 fully saturated rings. The Morgan fingerprint density at radius 2 is 1.70 bits per heavy atom. The minimum absolute atomic E-state index is 0.145. The Labute approximate surface area is 119 Å². The molecular weight excluding hydrogens is 332 g/mol. The topological polar surface area (TPSA) is 135 Å². The zero-order chi connectivity index (χ0) is 15.8. The van der Waals surface area contributed by atoms with Crippen LogP contribution in [0.4, 0.5) is 0 Å². The highest BCUT2D eigenvalue weighted by molar-refractivity contribution is 8.10. The van der Waals surface area contributed by atoms with Gasteiger partial charge in [-0.2, -0.15) is 5.26 Å². The third-order valence-electron chi connectivity index (χ3n) is 2.37. The van der Waals surface area contributed by atoms with Crippen molar-refractivity contribution in [3.05, 3.63) is 39.4 Å². The highest BCUT2D eigenvalue weighted by Gasteiger charge is 2.66. The van der Waals surface area contributed by atoms with Crippen molar-refractivity contribution in [1.82, 2.24) is 0 Å². The number of hydrogen-bond donors (Lipinski definition) is 0. The van der Waals surface area contributed by atoms with Gasteiger partial charge in [-0.15, -0.1) is 0 Å². The van der Waals surface area contributed by atoms with E-state index in [2.05, 4.69) is 0 Å². The SMILES string of the molecule is CS(=O)(=O)C(C#N)([N+](=O)[O-])S(=O)(=O)c1ccc(Cl)cc1. The van der Waals surface area contributed by atoms with Gasteiger partial charge in [-0.25, -0.2) is 16.8 Å². The third kappa shape index (κ3) is 2.24. The van der Waals surface area contributed by atoms with E-state index in [1.807, 2.05) is 0 Å². The number of rotatable bonds is 4. The average molecular weight is 339 g/mol. The van der Waals surface area contributed by atoms with Crippen LogP contribution in [0, 0.1) is 21.4 Å². The van der Waals surface area contributed by atoms with Crippen LogP contribution in [0.25, 0.3) is 0 Å². The first-order valence-electron chi connectivity index (χ1n) is 4.76. The molecule has 0 aliphatic heterocycles. The highest BCUT2D eigenvalue weighted by Crippen LogP contribution is 2.31. The van der Waals surface area contributed by atoms with E-state index in [9.17, 15) is 26.9 Å². The Morgan fingerprint density at radius 1 is 1.25 bits per heavy atom. The minimum atomic E-state index is -5.09. The Bertz CT molecular complexity index is 794. The molecule has 1 rings (SSSR count). The van der Waals surface area contributed by atoms with Crippen LogP contribution in [0.5, 0.6) is 0 Å². The van der Waals surface area contributed by atoms with Crippen molar-refractivity contribution < 1.29 is 21.8 Å². The predicted octanol–water partition coefficient (Wildman–Crippen LogP) is 0.612. The first kappa shape index (κ1) is 16.4. The molecule has 0 saturated heterocycles. The number of benzene rings is 1. The van der Waals surface area contributed by atoms with E-state index in [0.29, 0.717) is 6.26 Å². The van der Waals surface area contributed by atoms with E-state index < -0.39 is 33.7 Å². The lowest BCUT2D eigenvalue weighted by Crippen LogP contribution is -2.51. The maximum Gasteiger partial charge on any atom is 0.503 e. The van der Waals surface area contributed by atoms with E-state index >= 15 is 0 Å². The molecule has 20 heavy (non-hydrogen) atoms. The van der Waals surface area contributed by atoms with Crippen molar-refractivity contribution in [2.24, 2.45) is 0 Å². The van der Waals surface area contributed by atoms with Crippen LogP contribution in [-0.2, 0) is 19.7 Å². The van der Waals surface area contributed by atoms with Crippen molar-refractivity contribution in [2.45, 2.75) is 9.10 Å². The molecule has 1 atom stereocenters. The molecule has 0 spiro atoms. The van der Waals surface area contributed by atoms with Gasteiger partial charge in [-0.1, -0.05) is 11.6 Å². The van der Waals surface area contributed by atoms with E-state index in [0.717, 1.165) is 30.3 Å². The van der Waals surface area contributed by atoms with Crippen LogP contribution >= 0.6 is 11.6 Å². The van der Waals surface area contributed by atoms with Crippen LogP contribution in [0.1, 0.15) is 0 Å². The maximum absolute atomic E-state index is 12.2. The van der Waals surface area contributed by atoms with E-state index in [1.54, 1.807) is 0 Å². The van der Waals surface area contributed by atoms with Gasteiger partial charge in [0.1, 0.15) is 0 Å². The molecule has 0 heterocycles. The normalized spacial score (nSPS) is 15.1. The molecule has 0 amide bonds. The molecule has 0 aromatic heterocycles. The number of hydrogen-bond acceptors (Lipinski definition) is 7. The summed E-state index contributed by atoms with van der Waals surface area (Å²) in [5.41, 5.74) is 0. The van der Waals surface area contributed by atoms with Gasteiger partial charge in [-0.3, -0.25) is 10.1 Å². The number of halogens is 1. The fourth-order valence-corrected chi connectivity index (χ4v) is 4.97. The molecule has 1 aromatic rings. The van der Waals surface area contributed by atoms with Crippen LogP contribution < -0.4 is 0 Å². The standard InChI is InChI=1S/C9H7ClN2O6S2/c1-19(15,16)9(6-11,12(13)14)20(17,18)8-4-2-7(10)3-5-8/h2-5H,1H3. The van der Waals surface area contributed by atoms with Gasteiger partial charge < -0.3 is 0 Å². The number of nitro groups is 1. The van der Waals surface area contributed by atoms with Crippen molar-refractivity contribution in [1.29, 1.82) is 5.26 Å². The number of nitriles is 1. The quantitative estimate of drug-likeness (QED) is 0.579. The highest BCUT2D eigenvalue weighted by atomic mass is 35.5. The first-order valence-corrected chi connectivity index (χ1v) is 8.51. The lowest BCUT2D eigenvalue weighted by Gasteiger charge is -2.16. The lowest BCUT2D eigenvalue weighted by atomic mass is 10.4. The zero-order valence-electron chi connectivity index (χ0n) is 9.85. The summed E-state index contributed by atoms with van der Waals surface area (Å²) in [6.45, 7) is 0. The average Bonchev–Trinajstić information content (AvgIpc) is 2.27. The van der Waals surface area contributed by atoms with Gasteiger partial charge in [0.15, 0.2) is 6.07 Å². The predicted molar refractivity (Wildman–Crippen MR) is 68.8 cm³/mol. The second-order valence-corrected chi connectivity index (χ2v) is 8.58. The molecule has 0 aliphatic rings. The summed E-state index contributed by atoms with van der Waals surface area (Å²) < 4.78 is 43.7. The van der Waals surface area contributed by atoms with E-state index in [1.165, 1.54) is 0 Å².